The third-order valence-corrected chi connectivity index (χ3v) is 20.0. The highest BCUT2D eigenvalue weighted by atomic mass is 31.2. The summed E-state index contributed by atoms with van der Waals surface area (Å²) in [5, 5.41) is 60.7. The van der Waals surface area contributed by atoms with Crippen LogP contribution < -0.4 is 10.6 Å². The average Bonchev–Trinajstić information content (AvgIpc) is 0.785. The van der Waals surface area contributed by atoms with Gasteiger partial charge in [0.25, 0.3) is 0 Å². The summed E-state index contributed by atoms with van der Waals surface area (Å²) in [5.41, 5.74) is 0. The van der Waals surface area contributed by atoms with Crippen LogP contribution in [0.15, 0.2) is 0 Å². The second-order valence-corrected chi connectivity index (χ2v) is 30.5. The number of nitrogens with one attached hydrogen (secondary N) is 2. The number of carboxylic acids is 1. The number of hydrogen-bond donors (Lipinski definition) is 9. The first-order chi connectivity index (χ1) is 50.5. The molecule has 2 rings (SSSR count). The second-order valence-electron chi connectivity index (χ2n) is 29.3. The molecule has 0 unspecified atom stereocenters. The summed E-state index contributed by atoms with van der Waals surface area (Å²) in [6.07, 6.45) is 14.5. The molecule has 105 heavy (non-hydrogen) atoms. The molecule has 0 aromatic heterocycles. The number of carboxylic acid groups (broad SMARTS) is 1. The summed E-state index contributed by atoms with van der Waals surface area (Å²) in [6, 6.07) is -3.54. The number of carbonyl (C=O) groups excluding carboxylic acids is 6. The molecule has 0 aromatic rings. The Morgan fingerprint density at radius 2 is 0.771 bits per heavy atom. The van der Waals surface area contributed by atoms with E-state index in [0.717, 1.165) is 180 Å². The van der Waals surface area contributed by atoms with Gasteiger partial charge < -0.3 is 83.8 Å². The highest BCUT2D eigenvalue weighted by molar-refractivity contribution is 7.46. The number of phosphoric ester groups is 1. The predicted molar refractivity (Wildman–Crippen MR) is 398 cm³/mol. The third-order valence-electron chi connectivity index (χ3n) is 19.5. The maximum atomic E-state index is 14.9. The Hall–Kier alpha value is -3.92. The number of rotatable bonds is 67. The van der Waals surface area contributed by atoms with E-state index >= 15 is 0 Å². The first kappa shape index (κ1) is 97.2. The van der Waals surface area contributed by atoms with Gasteiger partial charge in [-0.1, -0.05) is 260 Å². The fraction of sp³-hybridized carbons (Fsp3) is 0.910. The summed E-state index contributed by atoms with van der Waals surface area (Å²) >= 11 is 0. The van der Waals surface area contributed by atoms with Crippen LogP contribution >= 0.6 is 7.82 Å². The van der Waals surface area contributed by atoms with Gasteiger partial charge in [-0.15, -0.1) is 0 Å². The van der Waals surface area contributed by atoms with E-state index in [-0.39, 0.29) is 38.5 Å². The van der Waals surface area contributed by atoms with Crippen LogP contribution in [0.5, 0.6) is 0 Å². The molecular formula is C78H143N2O24P. The number of ether oxygens (including phenoxy) is 8. The van der Waals surface area contributed by atoms with Crippen molar-refractivity contribution in [3.63, 3.8) is 0 Å². The quantitative estimate of drug-likeness (QED) is 0.0118. The maximum absolute atomic E-state index is 14.9. The Balaban J connectivity index is 2.81. The fourth-order valence-electron chi connectivity index (χ4n) is 13.5. The Labute approximate surface area is 628 Å². The molecule has 0 bridgehead atoms. The monoisotopic (exact) mass is 1520 g/mol. The molecule has 2 aliphatic rings. The number of esters is 4. The van der Waals surface area contributed by atoms with Crippen molar-refractivity contribution < 1.29 is 116 Å². The normalized spacial score (nSPS) is 21.6. The van der Waals surface area contributed by atoms with Crippen molar-refractivity contribution in [3.8, 4) is 0 Å². The summed E-state index contributed by atoms with van der Waals surface area (Å²) in [6.45, 7) is 9.57. The lowest BCUT2D eigenvalue weighted by Crippen LogP contribution is -2.68. The standard InChI is InChI=1S/C78H143N2O24P/c1-7-13-19-25-27-29-31-37-43-49-67(88)98-60(47-41-35-23-17-11-5)53-65(85)80-72-76(103-70(91)54-61(48-42-36-24-18-12-6)99-68(89)50-44-38-32-30-28-26-20-14-8-2)74(104-105(93,94)95)62(55-81)100-78(72)96-56-63-73(92)75(102-69(90)52-59(83)46-40-34-22-16-10-4)71(77(101-63)97-57-66(86)87)79-64(84)51-58(82)45-39-33-21-15-9-3/h58-63,71-78,81-83,92H,7-57H2,1-6H3,(H,79,84)(H,80,85)(H,86,87)(H2,93,94,95)/t58-,59-,60-,61-,62-,63-,71-,72-,73-,74-,75-,76-,77+,78-/m1/s1. The first-order valence-electron chi connectivity index (χ1n) is 41.0. The van der Waals surface area contributed by atoms with Gasteiger partial charge in [0.05, 0.1) is 51.1 Å². The van der Waals surface area contributed by atoms with Crippen LogP contribution in [0.25, 0.3) is 0 Å². The summed E-state index contributed by atoms with van der Waals surface area (Å²) < 4.78 is 67.0. The maximum Gasteiger partial charge on any atom is 0.470 e. The van der Waals surface area contributed by atoms with E-state index in [2.05, 4.69) is 52.2 Å². The topological polar surface area (TPSA) is 385 Å². The van der Waals surface area contributed by atoms with Gasteiger partial charge in [0, 0.05) is 12.8 Å². The Bertz CT molecular complexity index is 2340. The molecule has 0 radical (unpaired) electrons. The van der Waals surface area contributed by atoms with Crippen LogP contribution in [-0.4, -0.2) is 183 Å². The molecule has 614 valence electrons. The van der Waals surface area contributed by atoms with Crippen molar-refractivity contribution >= 4 is 49.5 Å². The van der Waals surface area contributed by atoms with Crippen molar-refractivity contribution in [2.24, 2.45) is 0 Å². The van der Waals surface area contributed by atoms with Gasteiger partial charge in [-0.25, -0.2) is 9.36 Å². The van der Waals surface area contributed by atoms with Gasteiger partial charge >= 0.3 is 37.7 Å². The smallest absolute Gasteiger partial charge is 0.470 e. The van der Waals surface area contributed by atoms with Crippen LogP contribution in [0.2, 0.25) is 0 Å². The molecular weight excluding hydrogens is 1380 g/mol. The number of phosphoric acid groups is 1. The molecule has 2 saturated heterocycles. The Kier molecular flexibility index (Phi) is 56.3. The van der Waals surface area contributed by atoms with E-state index in [9.17, 15) is 73.4 Å². The molecule has 0 spiro atoms. The van der Waals surface area contributed by atoms with Gasteiger partial charge in [0.15, 0.2) is 24.8 Å². The average molecular weight is 1520 g/mol. The lowest BCUT2D eigenvalue weighted by molar-refractivity contribution is -0.304. The lowest BCUT2D eigenvalue weighted by Gasteiger charge is -2.47. The van der Waals surface area contributed by atoms with Crippen LogP contribution in [-0.2, 0) is 80.5 Å². The van der Waals surface area contributed by atoms with E-state index in [1.165, 1.54) is 25.7 Å². The highest BCUT2D eigenvalue weighted by Gasteiger charge is 2.54. The van der Waals surface area contributed by atoms with Crippen LogP contribution in [0.3, 0.4) is 0 Å². The number of aliphatic hydroxyl groups is 4. The molecule has 27 heteroatoms. The molecule has 9 N–H and O–H groups in total. The molecule has 0 aliphatic carbocycles. The zero-order valence-electron chi connectivity index (χ0n) is 65.2. The Morgan fingerprint density at radius 3 is 1.20 bits per heavy atom. The predicted octanol–water partition coefficient (Wildman–Crippen LogP) is 13.6. The zero-order chi connectivity index (χ0) is 77.5. The fourth-order valence-corrected chi connectivity index (χ4v) is 14.0. The van der Waals surface area contributed by atoms with E-state index < -0.39 is 181 Å². The molecule has 0 aromatic carbocycles. The van der Waals surface area contributed by atoms with Gasteiger partial charge in [0.2, 0.25) is 11.8 Å². The highest BCUT2D eigenvalue weighted by Crippen LogP contribution is 2.43. The van der Waals surface area contributed by atoms with Crippen LogP contribution in [0.4, 0.5) is 0 Å². The van der Waals surface area contributed by atoms with Gasteiger partial charge in [0.1, 0.15) is 55.3 Å². The molecule has 2 amide bonds. The van der Waals surface area contributed by atoms with E-state index in [1.54, 1.807) is 0 Å². The SMILES string of the molecule is CCCCCCCCCCCC(=O)O[C@H](CCCCCCC)CC(=O)N[C@H]1[C@H](OC[C@H]2O[C@H](OCC(=O)O)[C@H](NC(=O)C[C@H](O)CCCCCCC)[C@@H](OC(=O)C[C@H](O)CCCCCCC)[C@@H]2O)O[C@H](CO)[C@@H](OP(=O)(O)O)[C@@H]1OC(=O)C[C@@H](CCCCCCC)OC(=O)CCCCCCCCCCC. The minimum atomic E-state index is -5.63. The number of hydrogen-bond acceptors (Lipinski definition) is 21. The lowest BCUT2D eigenvalue weighted by atomic mass is 9.95. The van der Waals surface area contributed by atoms with Crippen molar-refractivity contribution in [2.75, 3.05) is 19.8 Å². The molecule has 14 atom stereocenters. The van der Waals surface area contributed by atoms with Crippen molar-refractivity contribution in [1.29, 1.82) is 0 Å². The first-order valence-corrected chi connectivity index (χ1v) is 42.6. The molecule has 26 nitrogen and oxygen atoms in total. The largest absolute Gasteiger partial charge is 0.480 e. The zero-order valence-corrected chi connectivity index (χ0v) is 66.1. The van der Waals surface area contributed by atoms with E-state index in [1.807, 2.05) is 0 Å². The second kappa shape index (κ2) is 60.8. The van der Waals surface area contributed by atoms with Gasteiger partial charge in [-0.05, 0) is 51.4 Å². The molecule has 2 fully saturated rings. The molecule has 2 heterocycles. The van der Waals surface area contributed by atoms with Crippen molar-refractivity contribution in [1.82, 2.24) is 10.6 Å². The number of aliphatic carboxylic acids is 1. The summed E-state index contributed by atoms with van der Waals surface area (Å²) in [5.74, 6) is -6.32. The minimum Gasteiger partial charge on any atom is -0.480 e. The van der Waals surface area contributed by atoms with E-state index in [4.69, 9.17) is 42.4 Å². The summed E-state index contributed by atoms with van der Waals surface area (Å²) in [7, 11) is -5.63. The van der Waals surface area contributed by atoms with Crippen molar-refractivity contribution in [3.05, 3.63) is 0 Å². The van der Waals surface area contributed by atoms with Crippen LogP contribution in [0.1, 0.15) is 350 Å². The van der Waals surface area contributed by atoms with Gasteiger partial charge in [-0.2, -0.15) is 0 Å². The van der Waals surface area contributed by atoms with Crippen LogP contribution in [0, 0.1) is 0 Å². The summed E-state index contributed by atoms with van der Waals surface area (Å²) in [4.78, 5) is 118. The third kappa shape index (κ3) is 47.0. The molecule has 2 aliphatic heterocycles. The van der Waals surface area contributed by atoms with E-state index in [0.29, 0.717) is 38.5 Å². The molecule has 0 saturated carbocycles. The number of carbonyl (C=O) groups is 7. The van der Waals surface area contributed by atoms with Crippen molar-refractivity contribution in [2.45, 2.75) is 435 Å². The number of aliphatic hydroxyl groups excluding tert-OH is 4. The number of amides is 2. The number of unbranched alkanes of at least 4 members (excludes halogenated alkanes) is 32. The van der Waals surface area contributed by atoms with Gasteiger partial charge in [-0.3, -0.25) is 33.3 Å². The minimum absolute atomic E-state index is 0.0884. The Morgan fingerprint density at radius 1 is 0.419 bits per heavy atom.